The number of aromatic carboxylic acids is 1. The second-order valence-electron chi connectivity index (χ2n) is 6.98. The largest absolute Gasteiger partial charge is 0.478 e. The standard InChI is InChI=1S/C21H21F2NO4/c1-24(13-14-2-4-15(5-3-14)19(25)26)20(27)21(8-10-28-11-9-21)17-7-6-16(22)12-18(17)23/h2-7,12H,8-11,13H2,1H3,(H,25,26). The molecule has 3 rings (SSSR count). The molecule has 1 aliphatic rings. The van der Waals surface area contributed by atoms with Crippen molar-refractivity contribution in [3.05, 3.63) is 70.8 Å². The summed E-state index contributed by atoms with van der Waals surface area (Å²) in [7, 11) is 1.62. The van der Waals surface area contributed by atoms with Crippen molar-refractivity contribution in [1.82, 2.24) is 4.90 Å². The van der Waals surface area contributed by atoms with Crippen LogP contribution >= 0.6 is 0 Å². The number of amides is 1. The van der Waals surface area contributed by atoms with Gasteiger partial charge in [0.1, 0.15) is 11.6 Å². The minimum absolute atomic E-state index is 0.159. The molecule has 0 spiro atoms. The first-order chi connectivity index (χ1) is 13.3. The third-order valence-corrected chi connectivity index (χ3v) is 5.17. The first-order valence-electron chi connectivity index (χ1n) is 8.94. The number of benzene rings is 2. The lowest BCUT2D eigenvalue weighted by atomic mass is 9.72. The fraction of sp³-hybridized carbons (Fsp3) is 0.333. The van der Waals surface area contributed by atoms with Gasteiger partial charge in [0.05, 0.1) is 11.0 Å². The van der Waals surface area contributed by atoms with Crippen molar-refractivity contribution in [3.8, 4) is 0 Å². The molecule has 1 N–H and O–H groups in total. The zero-order valence-corrected chi connectivity index (χ0v) is 15.5. The molecule has 5 nitrogen and oxygen atoms in total. The molecule has 0 atom stereocenters. The molecule has 0 unspecified atom stereocenters. The van der Waals surface area contributed by atoms with Crippen LogP contribution in [0.25, 0.3) is 0 Å². The molecule has 0 saturated carbocycles. The van der Waals surface area contributed by atoms with Crippen LogP contribution in [-0.2, 0) is 21.5 Å². The molecule has 0 aromatic heterocycles. The zero-order valence-electron chi connectivity index (χ0n) is 15.5. The average molecular weight is 389 g/mol. The lowest BCUT2D eigenvalue weighted by Gasteiger charge is -2.39. The molecule has 2 aromatic carbocycles. The van der Waals surface area contributed by atoms with Gasteiger partial charge in [-0.1, -0.05) is 18.2 Å². The Balaban J connectivity index is 1.87. The van der Waals surface area contributed by atoms with Crippen LogP contribution in [0.2, 0.25) is 0 Å². The average Bonchev–Trinajstić information content (AvgIpc) is 2.68. The molecule has 0 bridgehead atoms. The Morgan fingerprint density at radius 3 is 2.32 bits per heavy atom. The smallest absolute Gasteiger partial charge is 0.335 e. The Hall–Kier alpha value is -2.80. The van der Waals surface area contributed by atoms with Gasteiger partial charge in [0.25, 0.3) is 0 Å². The van der Waals surface area contributed by atoms with Crippen LogP contribution in [0, 0.1) is 11.6 Å². The third-order valence-electron chi connectivity index (χ3n) is 5.17. The second-order valence-corrected chi connectivity index (χ2v) is 6.98. The first-order valence-corrected chi connectivity index (χ1v) is 8.94. The zero-order chi connectivity index (χ0) is 20.3. The number of carboxylic acid groups (broad SMARTS) is 1. The van der Waals surface area contributed by atoms with E-state index >= 15 is 0 Å². The number of rotatable bonds is 5. The van der Waals surface area contributed by atoms with Crippen molar-refractivity contribution >= 4 is 11.9 Å². The van der Waals surface area contributed by atoms with Gasteiger partial charge in [-0.3, -0.25) is 4.79 Å². The molecule has 0 radical (unpaired) electrons. The molecule has 1 amide bonds. The summed E-state index contributed by atoms with van der Waals surface area (Å²) in [6, 6.07) is 9.52. The molecule has 0 aliphatic carbocycles. The summed E-state index contributed by atoms with van der Waals surface area (Å²) in [6.07, 6.45) is 0.605. The van der Waals surface area contributed by atoms with E-state index < -0.39 is 23.0 Å². The van der Waals surface area contributed by atoms with Crippen LogP contribution in [0.15, 0.2) is 42.5 Å². The molecule has 7 heteroatoms. The van der Waals surface area contributed by atoms with Gasteiger partial charge in [-0.15, -0.1) is 0 Å². The van der Waals surface area contributed by atoms with Gasteiger partial charge >= 0.3 is 5.97 Å². The minimum atomic E-state index is -1.12. The Labute approximate surface area is 161 Å². The highest BCUT2D eigenvalue weighted by atomic mass is 19.1. The summed E-state index contributed by atoms with van der Waals surface area (Å²) >= 11 is 0. The lowest BCUT2D eigenvalue weighted by Crippen LogP contribution is -2.49. The number of likely N-dealkylation sites (N-methyl/N-ethyl adjacent to an activating group) is 1. The van der Waals surface area contributed by atoms with Crippen LogP contribution in [0.3, 0.4) is 0 Å². The molecule has 1 fully saturated rings. The van der Waals surface area contributed by atoms with Gasteiger partial charge in [-0.05, 0) is 36.6 Å². The van der Waals surface area contributed by atoms with E-state index in [0.717, 1.165) is 17.7 Å². The van der Waals surface area contributed by atoms with Crippen molar-refractivity contribution in [1.29, 1.82) is 0 Å². The Morgan fingerprint density at radius 2 is 1.75 bits per heavy atom. The Kier molecular flexibility index (Phi) is 5.74. The maximum Gasteiger partial charge on any atom is 0.335 e. The summed E-state index contributed by atoms with van der Waals surface area (Å²) in [4.78, 5) is 25.8. The summed E-state index contributed by atoms with van der Waals surface area (Å²) in [5.41, 5.74) is -0.0314. The van der Waals surface area contributed by atoms with Crippen LogP contribution in [0.5, 0.6) is 0 Å². The first kappa shape index (κ1) is 19.9. The Morgan fingerprint density at radius 1 is 1.11 bits per heavy atom. The number of carbonyl (C=O) groups is 2. The predicted octanol–water partition coefficient (Wildman–Crippen LogP) is 3.37. The lowest BCUT2D eigenvalue weighted by molar-refractivity contribution is -0.140. The summed E-state index contributed by atoms with van der Waals surface area (Å²) < 4.78 is 33.3. The van der Waals surface area contributed by atoms with Gasteiger partial charge in [0.15, 0.2) is 0 Å². The van der Waals surface area contributed by atoms with Gasteiger partial charge in [0.2, 0.25) is 5.91 Å². The number of hydrogen-bond acceptors (Lipinski definition) is 3. The molecule has 28 heavy (non-hydrogen) atoms. The second kappa shape index (κ2) is 8.06. The van der Waals surface area contributed by atoms with Crippen molar-refractivity contribution in [2.24, 2.45) is 0 Å². The maximum absolute atomic E-state index is 14.5. The summed E-state index contributed by atoms with van der Waals surface area (Å²) in [6.45, 7) is 0.859. The minimum Gasteiger partial charge on any atom is -0.478 e. The third kappa shape index (κ3) is 3.89. The van der Waals surface area contributed by atoms with Crippen LogP contribution in [0.4, 0.5) is 8.78 Å². The monoisotopic (exact) mass is 389 g/mol. The highest BCUT2D eigenvalue weighted by Crippen LogP contribution is 2.38. The van der Waals surface area contributed by atoms with Gasteiger partial charge in [0, 0.05) is 38.4 Å². The summed E-state index contributed by atoms with van der Waals surface area (Å²) in [5, 5.41) is 8.98. The van der Waals surface area contributed by atoms with Crippen molar-refractivity contribution in [2.45, 2.75) is 24.8 Å². The Bertz CT molecular complexity index is 876. The number of carbonyl (C=O) groups excluding carboxylic acids is 1. The normalized spacial score (nSPS) is 15.8. The topological polar surface area (TPSA) is 66.8 Å². The number of carboxylic acids is 1. The van der Waals surface area contributed by atoms with E-state index in [4.69, 9.17) is 9.84 Å². The SMILES string of the molecule is CN(Cc1ccc(C(=O)O)cc1)C(=O)C1(c2ccc(F)cc2F)CCOCC1. The maximum atomic E-state index is 14.5. The van der Waals surface area contributed by atoms with Gasteiger partial charge in [-0.2, -0.15) is 0 Å². The van der Waals surface area contributed by atoms with Crippen LogP contribution in [-0.4, -0.2) is 42.1 Å². The fourth-order valence-corrected chi connectivity index (χ4v) is 3.66. The van der Waals surface area contributed by atoms with Crippen LogP contribution < -0.4 is 0 Å². The number of ether oxygens (including phenoxy) is 1. The highest BCUT2D eigenvalue weighted by Gasteiger charge is 2.45. The molecule has 1 aliphatic heterocycles. The van der Waals surface area contributed by atoms with Gasteiger partial charge in [-0.25, -0.2) is 13.6 Å². The highest BCUT2D eigenvalue weighted by molar-refractivity contribution is 5.89. The molecule has 1 heterocycles. The molecular weight excluding hydrogens is 368 g/mol. The summed E-state index contributed by atoms with van der Waals surface area (Å²) in [5.74, 6) is -2.73. The van der Waals surface area contributed by atoms with Crippen molar-refractivity contribution in [3.63, 3.8) is 0 Å². The van der Waals surface area contributed by atoms with E-state index in [2.05, 4.69) is 0 Å². The fourth-order valence-electron chi connectivity index (χ4n) is 3.66. The van der Waals surface area contributed by atoms with Gasteiger partial charge < -0.3 is 14.7 Å². The van der Waals surface area contributed by atoms with E-state index in [1.54, 1.807) is 19.2 Å². The van der Waals surface area contributed by atoms with E-state index in [1.807, 2.05) is 0 Å². The van der Waals surface area contributed by atoms with E-state index in [9.17, 15) is 18.4 Å². The van der Waals surface area contributed by atoms with Crippen molar-refractivity contribution < 1.29 is 28.2 Å². The van der Waals surface area contributed by atoms with Crippen LogP contribution in [0.1, 0.15) is 34.3 Å². The number of nitrogens with zero attached hydrogens (tertiary/aromatic N) is 1. The predicted molar refractivity (Wildman–Crippen MR) is 98.0 cm³/mol. The molecular formula is C21H21F2NO4. The van der Waals surface area contributed by atoms with Crippen molar-refractivity contribution in [2.75, 3.05) is 20.3 Å². The molecule has 1 saturated heterocycles. The quantitative estimate of drug-likeness (QED) is 0.852. The molecule has 2 aromatic rings. The van der Waals surface area contributed by atoms with E-state index in [0.29, 0.717) is 26.1 Å². The number of halogens is 2. The van der Waals surface area contributed by atoms with E-state index in [-0.39, 0.29) is 23.6 Å². The molecule has 148 valence electrons. The van der Waals surface area contributed by atoms with E-state index in [1.165, 1.54) is 23.1 Å². The number of hydrogen-bond donors (Lipinski definition) is 1.